The van der Waals surface area contributed by atoms with Crippen LogP contribution in [0.3, 0.4) is 0 Å². The number of hydrazone groups is 1. The number of hydrogen-bond acceptors (Lipinski definition) is 11. The SMILES string of the molecule is CCOc1cc([C@H]2NC(=O)NC(C)=C2C(=O)OC)ccc1OC[C@H](O)N/N=C/c1ccc(-c2ccc(C)c([N+](=O)[O-])c2)o1. The standard InChI is InChI=1S/C29H31N5O9/c1-5-41-24-13-19(27-26(28(36)40-4)17(3)31-29(37)32-27)8-10-23(24)42-15-25(35)33-30-14-20-9-11-22(43-20)18-7-6-16(2)21(12-18)34(38)39/h6-14,25,27,33,35H,5,15H2,1-4H3,(H2,31,32,37)/b30-14+/t25-,27+/m0/s1. The number of aliphatic hydroxyl groups excluding tert-OH is 1. The van der Waals surface area contributed by atoms with Crippen LogP contribution in [0.1, 0.15) is 36.8 Å². The van der Waals surface area contributed by atoms with Crippen LogP contribution in [0.15, 0.2) is 69.3 Å². The van der Waals surface area contributed by atoms with E-state index >= 15 is 0 Å². The zero-order valence-electron chi connectivity index (χ0n) is 23.9. The molecule has 4 N–H and O–H groups in total. The average Bonchev–Trinajstić information content (AvgIpc) is 3.45. The van der Waals surface area contributed by atoms with Gasteiger partial charge in [0.05, 0.1) is 36.5 Å². The van der Waals surface area contributed by atoms with Crippen molar-refractivity contribution in [2.75, 3.05) is 20.3 Å². The summed E-state index contributed by atoms with van der Waals surface area (Å²) in [5.74, 6) is 0.846. The number of ether oxygens (including phenoxy) is 3. The van der Waals surface area contributed by atoms with Crippen LogP contribution >= 0.6 is 0 Å². The molecule has 14 heteroatoms. The first-order valence-electron chi connectivity index (χ1n) is 13.2. The van der Waals surface area contributed by atoms with Gasteiger partial charge in [-0.15, -0.1) is 0 Å². The molecule has 2 atom stereocenters. The number of aliphatic hydroxyl groups is 1. The van der Waals surface area contributed by atoms with E-state index in [0.29, 0.717) is 52.0 Å². The second kappa shape index (κ2) is 13.5. The van der Waals surface area contributed by atoms with E-state index < -0.39 is 29.2 Å². The molecule has 1 aliphatic rings. The number of carbonyl (C=O) groups is 2. The number of urea groups is 1. The number of allylic oxidation sites excluding steroid dienone is 1. The Morgan fingerprint density at radius 2 is 1.98 bits per heavy atom. The maximum atomic E-state index is 12.4. The highest BCUT2D eigenvalue weighted by Crippen LogP contribution is 2.35. The molecule has 0 aliphatic carbocycles. The molecule has 2 aromatic carbocycles. The van der Waals surface area contributed by atoms with Crippen LogP contribution in [0.2, 0.25) is 0 Å². The summed E-state index contributed by atoms with van der Waals surface area (Å²) in [7, 11) is 1.26. The van der Waals surface area contributed by atoms with Crippen LogP contribution in [0.5, 0.6) is 11.5 Å². The molecule has 0 saturated carbocycles. The third kappa shape index (κ3) is 7.29. The predicted molar refractivity (Wildman–Crippen MR) is 155 cm³/mol. The molecule has 1 aliphatic heterocycles. The second-order valence-electron chi connectivity index (χ2n) is 9.38. The van der Waals surface area contributed by atoms with Gasteiger partial charge >= 0.3 is 12.0 Å². The third-order valence-corrected chi connectivity index (χ3v) is 6.40. The Kier molecular flexibility index (Phi) is 9.62. The highest BCUT2D eigenvalue weighted by Gasteiger charge is 2.32. The lowest BCUT2D eigenvalue weighted by Crippen LogP contribution is -2.45. The molecule has 4 rings (SSSR count). The summed E-state index contributed by atoms with van der Waals surface area (Å²) < 4.78 is 22.0. The van der Waals surface area contributed by atoms with Crippen LogP contribution in [-0.2, 0) is 9.53 Å². The topological polar surface area (TPSA) is 187 Å². The molecule has 14 nitrogen and oxygen atoms in total. The van der Waals surface area contributed by atoms with Gasteiger partial charge in [-0.3, -0.25) is 15.5 Å². The van der Waals surface area contributed by atoms with Gasteiger partial charge in [-0.25, -0.2) is 9.59 Å². The van der Waals surface area contributed by atoms with Crippen LogP contribution in [0.25, 0.3) is 11.3 Å². The molecule has 0 bridgehead atoms. The number of esters is 1. The second-order valence-corrected chi connectivity index (χ2v) is 9.38. The number of nitro groups is 1. The Bertz CT molecular complexity index is 1580. The first-order chi connectivity index (χ1) is 20.6. The molecule has 43 heavy (non-hydrogen) atoms. The van der Waals surface area contributed by atoms with Crippen LogP contribution in [0.4, 0.5) is 10.5 Å². The summed E-state index contributed by atoms with van der Waals surface area (Å²) in [6.07, 6.45) is 0.136. The summed E-state index contributed by atoms with van der Waals surface area (Å²) in [6.45, 7) is 5.16. The van der Waals surface area contributed by atoms with Crippen molar-refractivity contribution in [1.29, 1.82) is 0 Å². The number of benzene rings is 2. The van der Waals surface area contributed by atoms with Crippen LogP contribution in [-0.4, -0.2) is 54.8 Å². The lowest BCUT2D eigenvalue weighted by atomic mass is 9.95. The van der Waals surface area contributed by atoms with Crippen molar-refractivity contribution >= 4 is 23.9 Å². The van der Waals surface area contributed by atoms with E-state index in [4.69, 9.17) is 18.6 Å². The number of furan rings is 1. The Hall–Kier alpha value is -5.37. The van der Waals surface area contributed by atoms with E-state index in [1.807, 2.05) is 0 Å². The van der Waals surface area contributed by atoms with Crippen molar-refractivity contribution in [2.45, 2.75) is 33.0 Å². The molecule has 0 radical (unpaired) electrons. The van der Waals surface area contributed by atoms with Gasteiger partial charge in [0.2, 0.25) is 0 Å². The van der Waals surface area contributed by atoms with E-state index in [9.17, 15) is 24.8 Å². The molecule has 0 spiro atoms. The van der Waals surface area contributed by atoms with Crippen molar-refractivity contribution < 1.29 is 38.2 Å². The summed E-state index contributed by atoms with van der Waals surface area (Å²) >= 11 is 0. The monoisotopic (exact) mass is 593 g/mol. The first kappa shape index (κ1) is 30.6. The van der Waals surface area contributed by atoms with Gasteiger partial charge in [-0.1, -0.05) is 18.2 Å². The van der Waals surface area contributed by atoms with E-state index in [2.05, 4.69) is 21.2 Å². The van der Waals surface area contributed by atoms with Crippen molar-refractivity contribution in [3.63, 3.8) is 0 Å². The number of rotatable bonds is 12. The van der Waals surface area contributed by atoms with Crippen molar-refractivity contribution in [2.24, 2.45) is 5.10 Å². The molecule has 2 heterocycles. The van der Waals surface area contributed by atoms with Gasteiger partial charge in [0.25, 0.3) is 5.69 Å². The summed E-state index contributed by atoms with van der Waals surface area (Å²) in [6, 6.07) is 11.8. The molecule has 0 fully saturated rings. The zero-order valence-corrected chi connectivity index (χ0v) is 23.9. The fraction of sp³-hybridized carbons (Fsp3) is 0.276. The molecular weight excluding hydrogens is 562 g/mol. The van der Waals surface area contributed by atoms with Gasteiger partial charge in [0, 0.05) is 22.9 Å². The maximum absolute atomic E-state index is 12.4. The Balaban J connectivity index is 1.39. The number of nitro benzene ring substituents is 1. The Labute approximate surface area is 246 Å². The van der Waals surface area contributed by atoms with E-state index in [1.165, 1.54) is 19.4 Å². The quantitative estimate of drug-likeness (QED) is 0.0793. The fourth-order valence-corrected chi connectivity index (χ4v) is 4.35. The highest BCUT2D eigenvalue weighted by molar-refractivity contribution is 5.95. The predicted octanol–water partition coefficient (Wildman–Crippen LogP) is 3.68. The molecule has 226 valence electrons. The number of aryl methyl sites for hydroxylation is 1. The molecular formula is C29H31N5O9. The zero-order chi connectivity index (χ0) is 31.1. The smallest absolute Gasteiger partial charge is 0.337 e. The lowest BCUT2D eigenvalue weighted by Gasteiger charge is -2.28. The molecule has 2 amide bonds. The van der Waals surface area contributed by atoms with E-state index in [0.717, 1.165) is 0 Å². The van der Waals surface area contributed by atoms with Gasteiger partial charge in [-0.05, 0) is 50.6 Å². The molecule has 1 aromatic heterocycles. The highest BCUT2D eigenvalue weighted by atomic mass is 16.6. The minimum atomic E-state index is -1.21. The van der Waals surface area contributed by atoms with E-state index in [1.54, 1.807) is 63.2 Å². The fourth-order valence-electron chi connectivity index (χ4n) is 4.35. The third-order valence-electron chi connectivity index (χ3n) is 6.40. The minimum absolute atomic E-state index is 0.00743. The molecule has 0 saturated heterocycles. The van der Waals surface area contributed by atoms with Gasteiger partial charge in [0.1, 0.15) is 18.1 Å². The van der Waals surface area contributed by atoms with Crippen molar-refractivity contribution in [1.82, 2.24) is 16.1 Å². The van der Waals surface area contributed by atoms with Gasteiger partial charge in [0.15, 0.2) is 17.7 Å². The minimum Gasteiger partial charge on any atom is -0.490 e. The lowest BCUT2D eigenvalue weighted by molar-refractivity contribution is -0.385. The maximum Gasteiger partial charge on any atom is 0.337 e. The van der Waals surface area contributed by atoms with Crippen molar-refractivity contribution in [3.05, 3.63) is 86.8 Å². The molecule has 3 aromatic rings. The largest absolute Gasteiger partial charge is 0.490 e. The van der Waals surface area contributed by atoms with Crippen molar-refractivity contribution in [3.8, 4) is 22.8 Å². The summed E-state index contributed by atoms with van der Waals surface area (Å²) in [4.78, 5) is 35.3. The molecule has 0 unspecified atom stereocenters. The average molecular weight is 594 g/mol. The van der Waals surface area contributed by atoms with Crippen LogP contribution in [0, 0.1) is 17.0 Å². The summed E-state index contributed by atoms with van der Waals surface area (Å²) in [5, 5.41) is 30.8. The number of carbonyl (C=O) groups excluding carboxylic acids is 2. The number of methoxy groups -OCH3 is 1. The number of nitrogens with one attached hydrogen (secondary N) is 3. The van der Waals surface area contributed by atoms with Crippen LogP contribution < -0.4 is 25.5 Å². The van der Waals surface area contributed by atoms with E-state index in [-0.39, 0.29) is 17.9 Å². The summed E-state index contributed by atoms with van der Waals surface area (Å²) in [5.41, 5.74) is 4.80. The number of hydrogen-bond donors (Lipinski definition) is 4. The Morgan fingerprint density at radius 3 is 2.70 bits per heavy atom. The Morgan fingerprint density at radius 1 is 1.19 bits per heavy atom. The normalized spacial score (nSPS) is 15.5. The number of nitrogens with zero attached hydrogens (tertiary/aromatic N) is 2. The van der Waals surface area contributed by atoms with Gasteiger partial charge < -0.3 is 34.4 Å². The first-order valence-corrected chi connectivity index (χ1v) is 13.2. The number of amides is 2. The van der Waals surface area contributed by atoms with Gasteiger partial charge in [-0.2, -0.15) is 5.10 Å².